The standard InChI is InChI=1S/C16H20IN/c17-11-4-6-12(7-5-11)18-16-9-10-8-15(16)14-3-1-2-13(10)14/h4-7,10,13-16,18H,1-3,8-9H2. The van der Waals surface area contributed by atoms with Crippen LogP contribution in [0.5, 0.6) is 0 Å². The van der Waals surface area contributed by atoms with Crippen molar-refractivity contribution in [1.29, 1.82) is 0 Å². The molecule has 0 heterocycles. The summed E-state index contributed by atoms with van der Waals surface area (Å²) < 4.78 is 1.32. The summed E-state index contributed by atoms with van der Waals surface area (Å²) in [6.07, 6.45) is 7.48. The van der Waals surface area contributed by atoms with Crippen molar-refractivity contribution < 1.29 is 0 Å². The number of hydrogen-bond acceptors (Lipinski definition) is 1. The number of anilines is 1. The molecule has 3 aliphatic rings. The Morgan fingerprint density at radius 2 is 1.72 bits per heavy atom. The van der Waals surface area contributed by atoms with Crippen LogP contribution in [0.2, 0.25) is 0 Å². The van der Waals surface area contributed by atoms with E-state index in [0.717, 1.165) is 29.7 Å². The van der Waals surface area contributed by atoms with Gasteiger partial charge in [0.15, 0.2) is 0 Å². The van der Waals surface area contributed by atoms with Gasteiger partial charge in [-0.05, 0) is 96.2 Å². The third kappa shape index (κ3) is 1.79. The third-order valence-electron chi connectivity index (χ3n) is 5.63. The van der Waals surface area contributed by atoms with Crippen molar-refractivity contribution in [2.24, 2.45) is 23.7 Å². The van der Waals surface area contributed by atoms with E-state index in [-0.39, 0.29) is 0 Å². The summed E-state index contributed by atoms with van der Waals surface area (Å²) in [5.74, 6) is 4.18. The highest BCUT2D eigenvalue weighted by atomic mass is 127. The fourth-order valence-electron chi connectivity index (χ4n) is 4.99. The highest BCUT2D eigenvalue weighted by molar-refractivity contribution is 14.1. The Hall–Kier alpha value is -0.250. The van der Waals surface area contributed by atoms with Crippen LogP contribution in [0.1, 0.15) is 32.1 Å². The summed E-state index contributed by atoms with van der Waals surface area (Å²) in [7, 11) is 0. The van der Waals surface area contributed by atoms with Gasteiger partial charge in [-0.2, -0.15) is 0 Å². The second-order valence-electron chi connectivity index (χ2n) is 6.41. The molecule has 5 unspecified atom stereocenters. The highest BCUT2D eigenvalue weighted by Gasteiger charge is 2.53. The Balaban J connectivity index is 1.49. The Morgan fingerprint density at radius 1 is 0.944 bits per heavy atom. The number of fused-ring (bicyclic) bond motifs is 5. The molecule has 1 nitrogen and oxygen atoms in total. The van der Waals surface area contributed by atoms with Crippen molar-refractivity contribution in [3.8, 4) is 0 Å². The van der Waals surface area contributed by atoms with Crippen LogP contribution in [0.3, 0.4) is 0 Å². The summed E-state index contributed by atoms with van der Waals surface area (Å²) in [5, 5.41) is 3.81. The Morgan fingerprint density at radius 3 is 2.56 bits per heavy atom. The molecule has 4 rings (SSSR count). The minimum atomic E-state index is 0.759. The second kappa shape index (κ2) is 4.39. The molecule has 0 radical (unpaired) electrons. The Labute approximate surface area is 123 Å². The maximum atomic E-state index is 3.81. The van der Waals surface area contributed by atoms with Gasteiger partial charge >= 0.3 is 0 Å². The number of halogens is 1. The summed E-state index contributed by atoms with van der Waals surface area (Å²) in [6.45, 7) is 0. The van der Waals surface area contributed by atoms with Gasteiger partial charge in [-0.25, -0.2) is 0 Å². The summed E-state index contributed by atoms with van der Waals surface area (Å²) in [5.41, 5.74) is 1.32. The molecule has 0 amide bonds. The zero-order chi connectivity index (χ0) is 12.1. The molecule has 1 aromatic carbocycles. The van der Waals surface area contributed by atoms with E-state index in [2.05, 4.69) is 52.2 Å². The van der Waals surface area contributed by atoms with Gasteiger partial charge in [0.05, 0.1) is 0 Å². The van der Waals surface area contributed by atoms with E-state index in [1.165, 1.54) is 41.4 Å². The average molecular weight is 353 g/mol. The summed E-state index contributed by atoms with van der Waals surface area (Å²) >= 11 is 2.37. The molecule has 0 aromatic heterocycles. The zero-order valence-corrected chi connectivity index (χ0v) is 12.8. The molecule has 3 fully saturated rings. The van der Waals surface area contributed by atoms with Crippen LogP contribution in [0.4, 0.5) is 5.69 Å². The number of nitrogens with one attached hydrogen (secondary N) is 1. The van der Waals surface area contributed by atoms with Crippen LogP contribution in [0.25, 0.3) is 0 Å². The zero-order valence-electron chi connectivity index (χ0n) is 10.6. The van der Waals surface area contributed by atoms with Crippen molar-refractivity contribution in [3.63, 3.8) is 0 Å². The molecule has 96 valence electrons. The molecule has 0 saturated heterocycles. The molecular formula is C16H20IN. The number of rotatable bonds is 2. The van der Waals surface area contributed by atoms with E-state index in [0.29, 0.717) is 0 Å². The van der Waals surface area contributed by atoms with Crippen molar-refractivity contribution in [2.75, 3.05) is 5.32 Å². The Kier molecular flexibility index (Phi) is 2.82. The molecule has 1 N–H and O–H groups in total. The van der Waals surface area contributed by atoms with E-state index in [4.69, 9.17) is 0 Å². The molecule has 1 aromatic rings. The van der Waals surface area contributed by atoms with Crippen LogP contribution in [-0.2, 0) is 0 Å². The van der Waals surface area contributed by atoms with E-state index in [1.807, 2.05) is 0 Å². The van der Waals surface area contributed by atoms with E-state index in [1.54, 1.807) is 0 Å². The molecule has 3 aliphatic carbocycles. The molecule has 2 heteroatoms. The van der Waals surface area contributed by atoms with Gasteiger partial charge in [-0.1, -0.05) is 6.42 Å². The molecular weight excluding hydrogens is 333 g/mol. The minimum absolute atomic E-state index is 0.759. The van der Waals surface area contributed by atoms with E-state index < -0.39 is 0 Å². The predicted molar refractivity (Wildman–Crippen MR) is 83.6 cm³/mol. The van der Waals surface area contributed by atoms with Gasteiger partial charge in [-0.15, -0.1) is 0 Å². The van der Waals surface area contributed by atoms with Gasteiger partial charge in [0.25, 0.3) is 0 Å². The van der Waals surface area contributed by atoms with Crippen LogP contribution < -0.4 is 5.32 Å². The normalized spacial score (nSPS) is 41.1. The molecule has 0 aliphatic heterocycles. The minimum Gasteiger partial charge on any atom is -0.382 e. The first-order chi connectivity index (χ1) is 8.81. The lowest BCUT2D eigenvalue weighted by Crippen LogP contribution is -2.33. The predicted octanol–water partition coefficient (Wildman–Crippen LogP) is 4.53. The summed E-state index contributed by atoms with van der Waals surface area (Å²) in [4.78, 5) is 0. The lowest BCUT2D eigenvalue weighted by molar-refractivity contribution is 0.243. The van der Waals surface area contributed by atoms with Gasteiger partial charge in [0.2, 0.25) is 0 Å². The fraction of sp³-hybridized carbons (Fsp3) is 0.625. The first-order valence-corrected chi connectivity index (χ1v) is 8.41. The quantitative estimate of drug-likeness (QED) is 0.771. The van der Waals surface area contributed by atoms with Crippen LogP contribution in [-0.4, -0.2) is 6.04 Å². The topological polar surface area (TPSA) is 12.0 Å². The van der Waals surface area contributed by atoms with Crippen molar-refractivity contribution >= 4 is 28.3 Å². The molecule has 5 atom stereocenters. The maximum Gasteiger partial charge on any atom is 0.0343 e. The van der Waals surface area contributed by atoms with Crippen LogP contribution in [0, 0.1) is 27.2 Å². The largest absolute Gasteiger partial charge is 0.382 e. The maximum absolute atomic E-state index is 3.81. The monoisotopic (exact) mass is 353 g/mol. The first-order valence-electron chi connectivity index (χ1n) is 7.33. The lowest BCUT2D eigenvalue weighted by Gasteiger charge is -2.32. The first kappa shape index (κ1) is 11.6. The lowest BCUT2D eigenvalue weighted by atomic mass is 9.79. The van der Waals surface area contributed by atoms with Crippen LogP contribution >= 0.6 is 22.6 Å². The smallest absolute Gasteiger partial charge is 0.0343 e. The Bertz CT molecular complexity index is 441. The fourth-order valence-corrected chi connectivity index (χ4v) is 5.35. The average Bonchev–Trinajstić information content (AvgIpc) is 3.03. The number of benzene rings is 1. The van der Waals surface area contributed by atoms with Crippen molar-refractivity contribution in [3.05, 3.63) is 27.8 Å². The highest BCUT2D eigenvalue weighted by Crippen LogP contribution is 2.59. The van der Waals surface area contributed by atoms with E-state index >= 15 is 0 Å². The third-order valence-corrected chi connectivity index (χ3v) is 6.34. The molecule has 2 bridgehead atoms. The molecule has 3 saturated carbocycles. The second-order valence-corrected chi connectivity index (χ2v) is 7.66. The molecule has 0 spiro atoms. The van der Waals surface area contributed by atoms with Gasteiger partial charge < -0.3 is 5.32 Å². The van der Waals surface area contributed by atoms with Gasteiger partial charge in [-0.3, -0.25) is 0 Å². The molecule has 18 heavy (non-hydrogen) atoms. The summed E-state index contributed by atoms with van der Waals surface area (Å²) in [6, 6.07) is 9.64. The van der Waals surface area contributed by atoms with Crippen molar-refractivity contribution in [1.82, 2.24) is 0 Å². The van der Waals surface area contributed by atoms with Gasteiger partial charge in [0.1, 0.15) is 0 Å². The van der Waals surface area contributed by atoms with Gasteiger partial charge in [0, 0.05) is 15.3 Å². The SMILES string of the molecule is Ic1ccc(NC2CC3CC2C2CCCC32)cc1. The van der Waals surface area contributed by atoms with Crippen molar-refractivity contribution in [2.45, 2.75) is 38.1 Å². The van der Waals surface area contributed by atoms with Crippen LogP contribution in [0.15, 0.2) is 24.3 Å². The van der Waals surface area contributed by atoms with E-state index in [9.17, 15) is 0 Å². The number of hydrogen-bond donors (Lipinski definition) is 1.